The van der Waals surface area contributed by atoms with E-state index in [9.17, 15) is 9.59 Å². The third-order valence-corrected chi connectivity index (χ3v) is 2.20. The number of carboxylic acid groups (broad SMARTS) is 1. The summed E-state index contributed by atoms with van der Waals surface area (Å²) < 4.78 is 5.05. The molecule has 0 aromatic heterocycles. The van der Waals surface area contributed by atoms with Crippen molar-refractivity contribution in [3.63, 3.8) is 0 Å². The maximum Gasteiger partial charge on any atom is 0.408 e. The first kappa shape index (κ1) is 17.1. The Labute approximate surface area is 114 Å². The molecule has 2 amide bonds. The highest BCUT2D eigenvalue weighted by Gasteiger charge is 2.18. The van der Waals surface area contributed by atoms with E-state index in [-0.39, 0.29) is 6.54 Å². The van der Waals surface area contributed by atoms with E-state index in [1.807, 2.05) is 0 Å². The fourth-order valence-electron chi connectivity index (χ4n) is 1.30. The molecule has 108 valence electrons. The predicted molar refractivity (Wildman–Crippen MR) is 71.9 cm³/mol. The summed E-state index contributed by atoms with van der Waals surface area (Å²) in [5, 5.41) is 11.5. The molecule has 0 saturated carbocycles. The number of ether oxygens (including phenoxy) is 1. The molecule has 0 radical (unpaired) electrons. The van der Waals surface area contributed by atoms with Gasteiger partial charge in [0.25, 0.3) is 0 Å². The van der Waals surface area contributed by atoms with Gasteiger partial charge in [0.1, 0.15) is 5.60 Å². The van der Waals surface area contributed by atoms with Crippen LogP contribution in [0.1, 0.15) is 34.1 Å². The highest BCUT2D eigenvalue weighted by molar-refractivity contribution is 5.67. The third kappa shape index (κ3) is 7.92. The van der Waals surface area contributed by atoms with Crippen LogP contribution >= 0.6 is 0 Å². The number of carbonyl (C=O) groups is 2. The lowest BCUT2D eigenvalue weighted by Crippen LogP contribution is -2.39. The maximum atomic E-state index is 11.3. The van der Waals surface area contributed by atoms with Crippen molar-refractivity contribution < 1.29 is 19.4 Å². The van der Waals surface area contributed by atoms with Crippen LogP contribution in [0.3, 0.4) is 0 Å². The Hall–Kier alpha value is -1.90. The molecule has 0 aliphatic heterocycles. The SMILES string of the molecule is C#CC(C)N(CCCNC(=O)OC(C)(C)C)C(=O)O. The normalized spacial score (nSPS) is 12.2. The van der Waals surface area contributed by atoms with Gasteiger partial charge in [-0.25, -0.2) is 9.59 Å². The molecule has 6 heteroatoms. The van der Waals surface area contributed by atoms with Gasteiger partial charge >= 0.3 is 12.2 Å². The van der Waals surface area contributed by atoms with Gasteiger partial charge in [-0.15, -0.1) is 6.42 Å². The van der Waals surface area contributed by atoms with E-state index < -0.39 is 23.8 Å². The Kier molecular flexibility index (Phi) is 6.76. The van der Waals surface area contributed by atoms with E-state index in [0.717, 1.165) is 4.90 Å². The van der Waals surface area contributed by atoms with E-state index in [1.54, 1.807) is 27.7 Å². The van der Waals surface area contributed by atoms with Crippen molar-refractivity contribution in [3.8, 4) is 12.3 Å². The number of hydrogen-bond donors (Lipinski definition) is 2. The van der Waals surface area contributed by atoms with Gasteiger partial charge in [0.15, 0.2) is 0 Å². The maximum absolute atomic E-state index is 11.3. The molecule has 0 aromatic rings. The number of carbonyl (C=O) groups excluding carboxylic acids is 1. The lowest BCUT2D eigenvalue weighted by Gasteiger charge is -2.23. The Balaban J connectivity index is 4.00. The average molecular weight is 270 g/mol. The summed E-state index contributed by atoms with van der Waals surface area (Å²) in [6.07, 6.45) is 4.08. The first-order chi connectivity index (χ1) is 8.67. The Morgan fingerprint density at radius 1 is 1.47 bits per heavy atom. The third-order valence-electron chi connectivity index (χ3n) is 2.20. The van der Waals surface area contributed by atoms with Gasteiger partial charge < -0.3 is 15.2 Å². The predicted octanol–water partition coefficient (Wildman–Crippen LogP) is 1.90. The second-order valence-electron chi connectivity index (χ2n) is 5.10. The molecule has 0 aromatic carbocycles. The highest BCUT2D eigenvalue weighted by Crippen LogP contribution is 2.06. The smallest absolute Gasteiger partial charge is 0.408 e. The number of nitrogens with zero attached hydrogens (tertiary/aromatic N) is 1. The number of alkyl carbamates (subject to hydrolysis) is 1. The van der Waals surface area contributed by atoms with Crippen LogP contribution in [-0.4, -0.2) is 46.9 Å². The molecular formula is C13H22N2O4. The first-order valence-corrected chi connectivity index (χ1v) is 6.10. The van der Waals surface area contributed by atoms with Crippen LogP contribution in [-0.2, 0) is 4.74 Å². The van der Waals surface area contributed by atoms with Crippen LogP contribution in [0.2, 0.25) is 0 Å². The minimum absolute atomic E-state index is 0.260. The van der Waals surface area contributed by atoms with Gasteiger partial charge in [0.05, 0.1) is 6.04 Å². The number of terminal acetylenes is 1. The minimum Gasteiger partial charge on any atom is -0.465 e. The van der Waals surface area contributed by atoms with Crippen LogP contribution < -0.4 is 5.32 Å². The van der Waals surface area contributed by atoms with E-state index in [4.69, 9.17) is 16.3 Å². The molecule has 0 heterocycles. The van der Waals surface area contributed by atoms with Crippen molar-refractivity contribution in [3.05, 3.63) is 0 Å². The number of nitrogens with one attached hydrogen (secondary N) is 1. The average Bonchev–Trinajstić information content (AvgIpc) is 2.25. The zero-order valence-corrected chi connectivity index (χ0v) is 11.9. The molecule has 0 spiro atoms. The minimum atomic E-state index is -1.07. The van der Waals surface area contributed by atoms with Gasteiger partial charge in [-0.3, -0.25) is 4.90 Å². The molecule has 2 N–H and O–H groups in total. The van der Waals surface area contributed by atoms with Gasteiger partial charge in [-0.2, -0.15) is 0 Å². The quantitative estimate of drug-likeness (QED) is 0.590. The monoisotopic (exact) mass is 270 g/mol. The summed E-state index contributed by atoms with van der Waals surface area (Å²) in [6.45, 7) is 7.54. The topological polar surface area (TPSA) is 78.9 Å². The van der Waals surface area contributed by atoms with E-state index in [0.29, 0.717) is 13.0 Å². The van der Waals surface area contributed by atoms with Gasteiger partial charge in [0, 0.05) is 13.1 Å². The van der Waals surface area contributed by atoms with Gasteiger partial charge in [0.2, 0.25) is 0 Å². The fraction of sp³-hybridized carbons (Fsp3) is 0.692. The van der Waals surface area contributed by atoms with Gasteiger partial charge in [-0.05, 0) is 34.1 Å². The molecule has 0 aliphatic rings. The van der Waals surface area contributed by atoms with E-state index >= 15 is 0 Å². The highest BCUT2D eigenvalue weighted by atomic mass is 16.6. The molecule has 0 bridgehead atoms. The zero-order valence-electron chi connectivity index (χ0n) is 11.9. The van der Waals surface area contributed by atoms with Crippen LogP contribution in [0, 0.1) is 12.3 Å². The molecule has 0 saturated heterocycles. The fourth-order valence-corrected chi connectivity index (χ4v) is 1.30. The lowest BCUT2D eigenvalue weighted by atomic mass is 10.2. The second kappa shape index (κ2) is 7.52. The molecular weight excluding hydrogens is 248 g/mol. The van der Waals surface area contributed by atoms with Crippen molar-refractivity contribution in [1.29, 1.82) is 0 Å². The van der Waals surface area contributed by atoms with Crippen molar-refractivity contribution in [2.24, 2.45) is 0 Å². The molecule has 0 rings (SSSR count). The van der Waals surface area contributed by atoms with Gasteiger partial charge in [-0.1, -0.05) is 5.92 Å². The van der Waals surface area contributed by atoms with Crippen molar-refractivity contribution in [1.82, 2.24) is 10.2 Å². The summed E-state index contributed by atoms with van der Waals surface area (Å²) >= 11 is 0. The standard InChI is InChI=1S/C13H22N2O4/c1-6-10(2)15(12(17)18)9-7-8-14-11(16)19-13(3,4)5/h1,10H,7-9H2,2-5H3,(H,14,16)(H,17,18). The first-order valence-electron chi connectivity index (χ1n) is 6.10. The molecule has 0 aliphatic carbocycles. The lowest BCUT2D eigenvalue weighted by molar-refractivity contribution is 0.0526. The molecule has 0 fully saturated rings. The van der Waals surface area contributed by atoms with Crippen LogP contribution in [0.25, 0.3) is 0 Å². The Bertz CT molecular complexity index is 355. The molecule has 1 atom stereocenters. The van der Waals surface area contributed by atoms with Crippen molar-refractivity contribution >= 4 is 12.2 Å². The van der Waals surface area contributed by atoms with Crippen molar-refractivity contribution in [2.75, 3.05) is 13.1 Å². The van der Waals surface area contributed by atoms with Crippen LogP contribution in [0.15, 0.2) is 0 Å². The summed E-state index contributed by atoms with van der Waals surface area (Å²) in [5.74, 6) is 2.36. The van der Waals surface area contributed by atoms with E-state index in [1.165, 1.54) is 0 Å². The van der Waals surface area contributed by atoms with Crippen LogP contribution in [0.4, 0.5) is 9.59 Å². The largest absolute Gasteiger partial charge is 0.465 e. The Morgan fingerprint density at radius 3 is 2.47 bits per heavy atom. The number of hydrogen-bond acceptors (Lipinski definition) is 3. The molecule has 1 unspecified atom stereocenters. The zero-order chi connectivity index (χ0) is 15.1. The molecule has 19 heavy (non-hydrogen) atoms. The van der Waals surface area contributed by atoms with Crippen LogP contribution in [0.5, 0.6) is 0 Å². The summed E-state index contributed by atoms with van der Waals surface area (Å²) in [4.78, 5) is 23.4. The Morgan fingerprint density at radius 2 is 2.05 bits per heavy atom. The summed E-state index contributed by atoms with van der Waals surface area (Å²) in [6, 6.07) is -0.487. The van der Waals surface area contributed by atoms with E-state index in [2.05, 4.69) is 11.2 Å². The summed E-state index contributed by atoms with van der Waals surface area (Å²) in [7, 11) is 0. The molecule has 6 nitrogen and oxygen atoms in total. The summed E-state index contributed by atoms with van der Waals surface area (Å²) in [5.41, 5.74) is -0.546. The number of rotatable bonds is 5. The second-order valence-corrected chi connectivity index (χ2v) is 5.10. The number of amides is 2. The van der Waals surface area contributed by atoms with Crippen molar-refractivity contribution in [2.45, 2.75) is 45.8 Å².